The van der Waals surface area contributed by atoms with Crippen LogP contribution in [-0.4, -0.2) is 23.0 Å². The number of methoxy groups -OCH3 is 1. The van der Waals surface area contributed by atoms with E-state index in [9.17, 15) is 14.9 Å². The molecule has 19 heavy (non-hydrogen) atoms. The summed E-state index contributed by atoms with van der Waals surface area (Å²) in [6.45, 7) is 1.64. The van der Waals surface area contributed by atoms with E-state index >= 15 is 0 Å². The average Bonchev–Trinajstić information content (AvgIpc) is 2.44. The van der Waals surface area contributed by atoms with Crippen LogP contribution in [0, 0.1) is 22.0 Å². The maximum Gasteiger partial charge on any atom is 0.309 e. The predicted octanol–water partition coefficient (Wildman–Crippen LogP) is 1.85. The highest BCUT2D eigenvalue weighted by atomic mass is 16.6. The van der Waals surface area contributed by atoms with Gasteiger partial charge in [-0.1, -0.05) is 19.1 Å². The number of rotatable bonds is 3. The quantitative estimate of drug-likeness (QED) is 0.471. The molecule has 6 heteroatoms. The minimum atomic E-state index is -0.947. The molecule has 1 aliphatic rings. The van der Waals surface area contributed by atoms with Crippen LogP contribution in [-0.2, 0) is 9.53 Å². The third kappa shape index (κ3) is 2.33. The van der Waals surface area contributed by atoms with Crippen molar-refractivity contribution in [1.82, 2.24) is 4.98 Å². The van der Waals surface area contributed by atoms with Crippen molar-refractivity contribution < 1.29 is 14.5 Å². The fraction of sp³-hybridized carbons (Fsp3) is 0.385. The van der Waals surface area contributed by atoms with E-state index in [0.29, 0.717) is 5.56 Å². The molecule has 0 N–H and O–H groups in total. The lowest BCUT2D eigenvalue weighted by Gasteiger charge is -2.26. The smallest absolute Gasteiger partial charge is 0.309 e. The Hall–Kier alpha value is -2.24. The zero-order valence-corrected chi connectivity index (χ0v) is 10.6. The Bertz CT molecular complexity index is 541. The molecule has 100 valence electrons. The van der Waals surface area contributed by atoms with Crippen LogP contribution in [0.25, 0.3) is 6.08 Å². The van der Waals surface area contributed by atoms with E-state index in [4.69, 9.17) is 0 Å². The Balaban J connectivity index is 2.42. The molecule has 0 aliphatic heterocycles. The summed E-state index contributed by atoms with van der Waals surface area (Å²) in [7, 11) is 1.28. The second kappa shape index (κ2) is 5.17. The van der Waals surface area contributed by atoms with Crippen LogP contribution >= 0.6 is 0 Å². The van der Waals surface area contributed by atoms with Crippen LogP contribution in [0.2, 0.25) is 0 Å². The molecule has 0 spiro atoms. The van der Waals surface area contributed by atoms with Crippen molar-refractivity contribution in [2.45, 2.75) is 13.0 Å². The maximum absolute atomic E-state index is 11.6. The number of hydrogen-bond acceptors (Lipinski definition) is 5. The maximum atomic E-state index is 11.6. The van der Waals surface area contributed by atoms with E-state index in [1.165, 1.54) is 13.3 Å². The zero-order valence-electron chi connectivity index (χ0n) is 10.6. The minimum Gasteiger partial charge on any atom is -0.469 e. The standard InChI is InChI=1S/C13H14N2O4/c1-8(13(16)19-2)10-4-3-9-7-14-6-5-11(9)12(10)15(17)18/h3-8,10,12H,1-2H3. The van der Waals surface area contributed by atoms with Crippen LogP contribution < -0.4 is 0 Å². The normalized spacial score (nSPS) is 22.4. The van der Waals surface area contributed by atoms with Crippen molar-refractivity contribution in [1.29, 1.82) is 0 Å². The summed E-state index contributed by atoms with van der Waals surface area (Å²) in [5.74, 6) is -1.53. The van der Waals surface area contributed by atoms with Gasteiger partial charge in [0.25, 0.3) is 0 Å². The number of carbonyl (C=O) groups is 1. The first-order valence-electron chi connectivity index (χ1n) is 5.89. The van der Waals surface area contributed by atoms with E-state index < -0.39 is 23.8 Å². The monoisotopic (exact) mass is 262 g/mol. The third-order valence-electron chi connectivity index (χ3n) is 3.45. The zero-order chi connectivity index (χ0) is 14.0. The van der Waals surface area contributed by atoms with Gasteiger partial charge in [-0.15, -0.1) is 0 Å². The van der Waals surface area contributed by atoms with Crippen LogP contribution in [0.3, 0.4) is 0 Å². The molecule has 0 aromatic carbocycles. The number of aromatic nitrogens is 1. The largest absolute Gasteiger partial charge is 0.469 e. The molecule has 0 bridgehead atoms. The van der Waals surface area contributed by atoms with Gasteiger partial charge in [-0.3, -0.25) is 19.9 Å². The Morgan fingerprint density at radius 1 is 1.58 bits per heavy atom. The van der Waals surface area contributed by atoms with Gasteiger partial charge in [-0.05, 0) is 6.07 Å². The number of nitro groups is 1. The van der Waals surface area contributed by atoms with Crippen LogP contribution in [0.4, 0.5) is 0 Å². The summed E-state index contributed by atoms with van der Waals surface area (Å²) < 4.78 is 4.67. The summed E-state index contributed by atoms with van der Waals surface area (Å²) in [5, 5.41) is 11.3. The van der Waals surface area contributed by atoms with Crippen LogP contribution in [0.5, 0.6) is 0 Å². The molecule has 6 nitrogen and oxygen atoms in total. The number of nitrogens with zero attached hydrogens (tertiary/aromatic N) is 2. The molecule has 0 saturated heterocycles. The number of pyridine rings is 1. The van der Waals surface area contributed by atoms with Gasteiger partial charge in [0, 0.05) is 28.4 Å². The van der Waals surface area contributed by atoms with Gasteiger partial charge >= 0.3 is 5.97 Å². The number of ether oxygens (including phenoxy) is 1. The molecular formula is C13H14N2O4. The summed E-state index contributed by atoms with van der Waals surface area (Å²) in [5.41, 5.74) is 1.31. The van der Waals surface area contributed by atoms with Gasteiger partial charge in [0.05, 0.1) is 18.9 Å². The SMILES string of the molecule is COC(=O)C(C)C1C=Cc2cnccc2C1[N+](=O)[O-]. The Kier molecular flexibility index (Phi) is 3.59. The first kappa shape index (κ1) is 13.2. The number of fused-ring (bicyclic) bond motifs is 1. The lowest BCUT2D eigenvalue weighted by molar-refractivity contribution is -0.538. The average molecular weight is 262 g/mol. The van der Waals surface area contributed by atoms with Crippen molar-refractivity contribution in [2.24, 2.45) is 11.8 Å². The molecule has 1 aliphatic carbocycles. The topological polar surface area (TPSA) is 82.3 Å². The second-order valence-electron chi connectivity index (χ2n) is 4.48. The fourth-order valence-electron chi connectivity index (χ4n) is 2.39. The lowest BCUT2D eigenvalue weighted by Crippen LogP contribution is -2.31. The van der Waals surface area contributed by atoms with Gasteiger partial charge in [-0.2, -0.15) is 0 Å². The molecule has 0 radical (unpaired) electrons. The first-order chi connectivity index (χ1) is 9.06. The highest BCUT2D eigenvalue weighted by Gasteiger charge is 2.41. The summed E-state index contributed by atoms with van der Waals surface area (Å²) in [6, 6.07) is 0.681. The van der Waals surface area contributed by atoms with Gasteiger partial charge in [0.15, 0.2) is 0 Å². The van der Waals surface area contributed by atoms with Crippen molar-refractivity contribution >= 4 is 12.0 Å². The molecule has 0 saturated carbocycles. The minimum absolute atomic E-state index is 0.355. The molecule has 1 aromatic rings. The van der Waals surface area contributed by atoms with Crippen molar-refractivity contribution in [3.63, 3.8) is 0 Å². The molecule has 2 rings (SSSR count). The van der Waals surface area contributed by atoms with E-state index in [0.717, 1.165) is 5.56 Å². The molecule has 1 aromatic heterocycles. The van der Waals surface area contributed by atoms with E-state index in [-0.39, 0.29) is 4.92 Å². The molecule has 3 atom stereocenters. The Morgan fingerprint density at radius 3 is 2.95 bits per heavy atom. The Labute approximate surface area is 110 Å². The molecule has 3 unspecified atom stereocenters. The molecule has 0 fully saturated rings. The molecule has 1 heterocycles. The van der Waals surface area contributed by atoms with Crippen LogP contribution in [0.1, 0.15) is 24.1 Å². The molecule has 0 amide bonds. The summed E-state index contributed by atoms with van der Waals surface area (Å²) in [4.78, 5) is 26.5. The van der Waals surface area contributed by atoms with Crippen molar-refractivity contribution in [2.75, 3.05) is 7.11 Å². The highest BCUT2D eigenvalue weighted by molar-refractivity contribution is 5.73. The Morgan fingerprint density at radius 2 is 2.32 bits per heavy atom. The first-order valence-corrected chi connectivity index (χ1v) is 5.89. The summed E-state index contributed by atoms with van der Waals surface area (Å²) in [6.07, 6.45) is 6.57. The van der Waals surface area contributed by atoms with E-state index in [1.54, 1.807) is 31.3 Å². The number of esters is 1. The molecular weight excluding hydrogens is 248 g/mol. The van der Waals surface area contributed by atoms with Gasteiger partial charge in [0.1, 0.15) is 0 Å². The fourth-order valence-corrected chi connectivity index (χ4v) is 2.39. The van der Waals surface area contributed by atoms with Gasteiger partial charge < -0.3 is 4.74 Å². The van der Waals surface area contributed by atoms with E-state index in [1.807, 2.05) is 0 Å². The summed E-state index contributed by atoms with van der Waals surface area (Å²) >= 11 is 0. The van der Waals surface area contributed by atoms with Gasteiger partial charge in [-0.25, -0.2) is 0 Å². The van der Waals surface area contributed by atoms with Gasteiger partial charge in [0.2, 0.25) is 6.04 Å². The third-order valence-corrected chi connectivity index (χ3v) is 3.45. The number of hydrogen-bond donors (Lipinski definition) is 0. The number of carbonyl (C=O) groups excluding carboxylic acids is 1. The van der Waals surface area contributed by atoms with E-state index in [2.05, 4.69) is 9.72 Å². The highest BCUT2D eigenvalue weighted by Crippen LogP contribution is 2.38. The van der Waals surface area contributed by atoms with Crippen LogP contribution in [0.15, 0.2) is 24.5 Å². The van der Waals surface area contributed by atoms with Crippen molar-refractivity contribution in [3.05, 3.63) is 45.8 Å². The lowest BCUT2D eigenvalue weighted by atomic mass is 9.79. The van der Waals surface area contributed by atoms with Crippen molar-refractivity contribution in [3.8, 4) is 0 Å². The second-order valence-corrected chi connectivity index (χ2v) is 4.48. The predicted molar refractivity (Wildman–Crippen MR) is 67.7 cm³/mol.